The summed E-state index contributed by atoms with van der Waals surface area (Å²) in [7, 11) is 0. The highest BCUT2D eigenvalue weighted by Gasteiger charge is 2.54. The van der Waals surface area contributed by atoms with Crippen LogP contribution in [0.3, 0.4) is 0 Å². The van der Waals surface area contributed by atoms with E-state index in [1.54, 1.807) is 0 Å². The van der Waals surface area contributed by atoms with Crippen LogP contribution in [-0.4, -0.2) is 47.9 Å². The van der Waals surface area contributed by atoms with Crippen LogP contribution in [0.4, 0.5) is 10.8 Å². The molecule has 45 heavy (non-hydrogen) atoms. The summed E-state index contributed by atoms with van der Waals surface area (Å²) in [5.74, 6) is 0.230. The fourth-order valence-corrected chi connectivity index (χ4v) is 8.41. The second-order valence-corrected chi connectivity index (χ2v) is 13.4. The van der Waals surface area contributed by atoms with Crippen LogP contribution in [0.15, 0.2) is 109 Å². The molecule has 6 nitrogen and oxygen atoms in total. The van der Waals surface area contributed by atoms with Crippen LogP contribution in [-0.2, 0) is 4.79 Å². The van der Waals surface area contributed by atoms with Crippen molar-refractivity contribution in [1.29, 1.82) is 0 Å². The minimum atomic E-state index is -0.601. The van der Waals surface area contributed by atoms with Gasteiger partial charge in [0.05, 0.1) is 11.1 Å². The lowest BCUT2D eigenvalue weighted by Crippen LogP contribution is -2.48. The van der Waals surface area contributed by atoms with E-state index in [0.717, 1.165) is 30.8 Å². The Labute approximate surface area is 267 Å². The number of carbonyl (C=O) groups is 2. The number of hydrogen-bond acceptors (Lipinski definition) is 5. The number of hydrogen-bond donors (Lipinski definition) is 1. The zero-order valence-corrected chi connectivity index (χ0v) is 26.0. The maximum Gasteiger partial charge on any atom is 0.253 e. The van der Waals surface area contributed by atoms with E-state index in [2.05, 4.69) is 77.8 Å². The van der Waals surface area contributed by atoms with Gasteiger partial charge >= 0.3 is 0 Å². The number of para-hydroxylation sites is 1. The third-order valence-corrected chi connectivity index (χ3v) is 10.7. The number of amides is 2. The van der Waals surface area contributed by atoms with Gasteiger partial charge in [-0.1, -0.05) is 78.9 Å². The number of rotatable bonds is 5. The van der Waals surface area contributed by atoms with Gasteiger partial charge in [-0.05, 0) is 59.9 Å². The number of benzene rings is 4. The average Bonchev–Trinajstić information content (AvgIpc) is 3.57. The van der Waals surface area contributed by atoms with Crippen LogP contribution in [0.1, 0.15) is 57.8 Å². The lowest BCUT2D eigenvalue weighted by Gasteiger charge is -2.50. The van der Waals surface area contributed by atoms with Crippen molar-refractivity contribution in [2.45, 2.75) is 25.2 Å². The normalized spacial score (nSPS) is 21.6. The van der Waals surface area contributed by atoms with Crippen LogP contribution in [0.2, 0.25) is 0 Å². The molecule has 9 rings (SSSR count). The van der Waals surface area contributed by atoms with Gasteiger partial charge in [0.2, 0.25) is 5.91 Å². The van der Waals surface area contributed by atoms with Crippen molar-refractivity contribution < 1.29 is 9.59 Å². The summed E-state index contributed by atoms with van der Waals surface area (Å²) in [5, 5.41) is 5.72. The van der Waals surface area contributed by atoms with E-state index >= 15 is 0 Å². The third kappa shape index (κ3) is 4.73. The van der Waals surface area contributed by atoms with Gasteiger partial charge in [-0.2, -0.15) is 0 Å². The summed E-state index contributed by atoms with van der Waals surface area (Å²) in [4.78, 5) is 36.6. The Bertz CT molecular complexity index is 1860. The van der Waals surface area contributed by atoms with Crippen molar-refractivity contribution in [3.8, 4) is 11.3 Å². The van der Waals surface area contributed by atoms with E-state index in [4.69, 9.17) is 4.98 Å². The molecule has 4 aliphatic rings. The Morgan fingerprint density at radius 2 is 1.44 bits per heavy atom. The first-order chi connectivity index (χ1) is 22.0. The zero-order chi connectivity index (χ0) is 30.5. The smallest absolute Gasteiger partial charge is 0.253 e. The molecule has 0 saturated carbocycles. The molecular formula is C38H34N4O2S. The molecule has 0 radical (unpaired) electrons. The van der Waals surface area contributed by atoms with Gasteiger partial charge in [0, 0.05) is 60.2 Å². The maximum atomic E-state index is 14.1. The quantitative estimate of drug-likeness (QED) is 0.225. The molecule has 0 spiro atoms. The first-order valence-electron chi connectivity index (χ1n) is 15.6. The van der Waals surface area contributed by atoms with E-state index in [1.165, 1.54) is 39.3 Å². The Morgan fingerprint density at radius 3 is 2.13 bits per heavy atom. The summed E-state index contributed by atoms with van der Waals surface area (Å²) >= 11 is 1.42. The molecular weight excluding hydrogens is 577 g/mol. The average molecular weight is 611 g/mol. The minimum absolute atomic E-state index is 0.000907. The standard InChI is InChI=1S/C38H34N4O2S/c1-38(23-32-28-14-5-7-16-30(28)34(38)31-17-8-6-15-29(31)32)36(44)40-37-39-33(24-45-37)25-10-9-11-26(22-25)35(43)42-20-18-41(19-21-42)27-12-3-2-4-13-27/h2-17,22,24,32,34H,18-21,23H2,1H3,(H,39,40,44). The molecule has 3 aliphatic carbocycles. The predicted octanol–water partition coefficient (Wildman–Crippen LogP) is 7.40. The Morgan fingerprint density at radius 1 is 0.800 bits per heavy atom. The number of piperazine rings is 1. The lowest BCUT2D eigenvalue weighted by atomic mass is 9.52. The van der Waals surface area contributed by atoms with E-state index < -0.39 is 5.41 Å². The Kier molecular flexibility index (Phi) is 6.79. The largest absolute Gasteiger partial charge is 0.368 e. The second kappa shape index (κ2) is 11.0. The first-order valence-corrected chi connectivity index (χ1v) is 16.5. The number of fused-ring (bicyclic) bond motifs is 1. The van der Waals surface area contributed by atoms with Gasteiger partial charge in [-0.25, -0.2) is 4.98 Å². The SMILES string of the molecule is CC1(C(=O)Nc2nc(-c3cccc(C(=O)N4CCN(c5ccccc5)CC4)c3)cs2)CC2c3ccccc3C1c1ccccc12. The summed E-state index contributed by atoms with van der Waals surface area (Å²) in [6.45, 7) is 5.08. The summed E-state index contributed by atoms with van der Waals surface area (Å²) in [6.07, 6.45) is 0.763. The summed E-state index contributed by atoms with van der Waals surface area (Å²) < 4.78 is 0. The Hall–Kier alpha value is -4.75. The number of thiazole rings is 1. The van der Waals surface area contributed by atoms with Crippen LogP contribution in [0.25, 0.3) is 11.3 Å². The van der Waals surface area contributed by atoms with Gasteiger partial charge in [-0.3, -0.25) is 9.59 Å². The molecule has 2 amide bonds. The highest BCUT2D eigenvalue weighted by molar-refractivity contribution is 7.14. The monoisotopic (exact) mass is 610 g/mol. The van der Waals surface area contributed by atoms with E-state index in [0.29, 0.717) is 23.8 Å². The van der Waals surface area contributed by atoms with Crippen molar-refractivity contribution in [2.75, 3.05) is 36.4 Å². The summed E-state index contributed by atoms with van der Waals surface area (Å²) in [6, 6.07) is 35.2. The van der Waals surface area contributed by atoms with Crippen LogP contribution < -0.4 is 10.2 Å². The van der Waals surface area contributed by atoms with Crippen LogP contribution in [0.5, 0.6) is 0 Å². The van der Waals surface area contributed by atoms with Gasteiger partial charge in [0.25, 0.3) is 5.91 Å². The van der Waals surface area contributed by atoms with Crippen molar-refractivity contribution >= 4 is 34.0 Å². The Balaban J connectivity index is 0.983. The highest BCUT2D eigenvalue weighted by atomic mass is 32.1. The van der Waals surface area contributed by atoms with Crippen molar-refractivity contribution in [3.05, 3.63) is 136 Å². The molecule has 1 unspecified atom stereocenters. The molecule has 2 bridgehead atoms. The van der Waals surface area contributed by atoms with E-state index in [1.807, 2.05) is 52.7 Å². The predicted molar refractivity (Wildman–Crippen MR) is 180 cm³/mol. The van der Waals surface area contributed by atoms with Gasteiger partial charge in [0.15, 0.2) is 5.13 Å². The number of anilines is 2. The fraction of sp³-hybridized carbons (Fsp3) is 0.237. The maximum absolute atomic E-state index is 14.1. The molecule has 4 aromatic carbocycles. The number of aromatic nitrogens is 1. The molecule has 1 saturated heterocycles. The van der Waals surface area contributed by atoms with Crippen LogP contribution >= 0.6 is 11.3 Å². The summed E-state index contributed by atoms with van der Waals surface area (Å²) in [5.41, 5.74) is 8.07. The molecule has 2 heterocycles. The van der Waals surface area contributed by atoms with Gasteiger partial charge < -0.3 is 15.1 Å². The minimum Gasteiger partial charge on any atom is -0.368 e. The van der Waals surface area contributed by atoms with Crippen molar-refractivity contribution in [1.82, 2.24) is 9.88 Å². The highest BCUT2D eigenvalue weighted by Crippen LogP contribution is 2.61. The molecule has 1 atom stereocenters. The third-order valence-electron chi connectivity index (χ3n) is 9.97. The first kappa shape index (κ1) is 27.8. The number of nitrogens with one attached hydrogen (secondary N) is 1. The van der Waals surface area contributed by atoms with Crippen molar-refractivity contribution in [3.63, 3.8) is 0 Å². The number of carbonyl (C=O) groups excluding carboxylic acids is 2. The second-order valence-electron chi connectivity index (χ2n) is 12.6. The van der Waals surface area contributed by atoms with Crippen molar-refractivity contribution in [2.24, 2.45) is 5.41 Å². The molecule has 1 aliphatic heterocycles. The molecule has 5 aromatic rings. The van der Waals surface area contributed by atoms with E-state index in [-0.39, 0.29) is 23.7 Å². The fourth-order valence-electron chi connectivity index (χ4n) is 7.69. The van der Waals surface area contributed by atoms with Crippen LogP contribution in [0, 0.1) is 5.41 Å². The molecule has 224 valence electrons. The molecule has 7 heteroatoms. The lowest BCUT2D eigenvalue weighted by molar-refractivity contribution is -0.126. The number of nitrogens with zero attached hydrogens (tertiary/aromatic N) is 3. The molecule has 1 N–H and O–H groups in total. The van der Waals surface area contributed by atoms with E-state index in [9.17, 15) is 9.59 Å². The molecule has 1 fully saturated rings. The topological polar surface area (TPSA) is 65.5 Å². The van der Waals surface area contributed by atoms with Gasteiger partial charge in [-0.15, -0.1) is 11.3 Å². The zero-order valence-electron chi connectivity index (χ0n) is 25.1. The van der Waals surface area contributed by atoms with Gasteiger partial charge in [0.1, 0.15) is 0 Å². The molecule has 1 aromatic heterocycles.